The van der Waals surface area contributed by atoms with Gasteiger partial charge in [0.05, 0.1) is 4.90 Å². The average molecular weight is 274 g/mol. The third kappa shape index (κ3) is 3.13. The molecular formula is C13H12N3O2S+. The van der Waals surface area contributed by atoms with Crippen LogP contribution in [0.3, 0.4) is 0 Å². The maximum atomic E-state index is 12.0. The van der Waals surface area contributed by atoms with Gasteiger partial charge >= 0.3 is 10.0 Å². The van der Waals surface area contributed by atoms with E-state index in [9.17, 15) is 8.42 Å². The van der Waals surface area contributed by atoms with E-state index in [1.165, 1.54) is 28.9 Å². The van der Waals surface area contributed by atoms with Gasteiger partial charge in [0.25, 0.3) is 0 Å². The molecule has 0 fully saturated rings. The fraction of sp³-hybridized carbons (Fsp3) is 0.0769. The first-order valence-corrected chi connectivity index (χ1v) is 6.94. The van der Waals surface area contributed by atoms with Crippen LogP contribution < -0.4 is 9.58 Å². The summed E-state index contributed by atoms with van der Waals surface area (Å²) in [6.45, 7) is 1.88. The van der Waals surface area contributed by atoms with E-state index < -0.39 is 10.0 Å². The first-order valence-electron chi connectivity index (χ1n) is 5.50. The van der Waals surface area contributed by atoms with Crippen molar-refractivity contribution in [1.82, 2.24) is 0 Å². The summed E-state index contributed by atoms with van der Waals surface area (Å²) in [5, 5.41) is 7.50. The lowest BCUT2D eigenvalue weighted by molar-refractivity contribution is -0.538. The predicted molar refractivity (Wildman–Crippen MR) is 69.3 cm³/mol. The van der Waals surface area contributed by atoms with Crippen LogP contribution >= 0.6 is 0 Å². The molecule has 6 heteroatoms. The van der Waals surface area contributed by atoms with Gasteiger partial charge in [-0.1, -0.05) is 17.7 Å². The Labute approximate surface area is 110 Å². The second-order valence-electron chi connectivity index (χ2n) is 3.96. The lowest BCUT2D eigenvalue weighted by atomic mass is 10.2. The molecule has 0 unspecified atom stereocenters. The smallest absolute Gasteiger partial charge is 0.258 e. The molecule has 96 valence electrons. The fourth-order valence-corrected chi connectivity index (χ4v) is 2.37. The van der Waals surface area contributed by atoms with Crippen LogP contribution in [0.4, 0.5) is 0 Å². The Hall–Kier alpha value is -2.30. The molecule has 2 aromatic rings. The second kappa shape index (κ2) is 5.14. The van der Waals surface area contributed by atoms with E-state index in [0.717, 1.165) is 5.56 Å². The Kier molecular flexibility index (Phi) is 3.55. The minimum absolute atomic E-state index is 0.147. The van der Waals surface area contributed by atoms with Crippen molar-refractivity contribution in [3.63, 3.8) is 0 Å². The first kappa shape index (κ1) is 13.1. The van der Waals surface area contributed by atoms with Gasteiger partial charge < -0.3 is 0 Å². The quantitative estimate of drug-likeness (QED) is 0.644. The zero-order chi connectivity index (χ0) is 13.9. The number of pyridine rings is 1. The molecule has 1 N–H and O–H groups in total. The van der Waals surface area contributed by atoms with Crippen LogP contribution in [0.15, 0.2) is 58.2 Å². The number of aromatic nitrogens is 1. The standard InChI is InChI=1S/C13H12N3O2S/c1-11-2-4-13(5-3-11)19(17,18)15-16-8-6-12(10-14)7-9-16/h2-9,14H,1H3/q+1. The molecule has 0 amide bonds. The zero-order valence-corrected chi connectivity index (χ0v) is 11.1. The van der Waals surface area contributed by atoms with Gasteiger partial charge in [0.1, 0.15) is 4.52 Å². The summed E-state index contributed by atoms with van der Waals surface area (Å²) in [5.41, 5.74) is 0.984. The number of nitrogens with zero attached hydrogens (tertiary/aromatic N) is 2. The van der Waals surface area contributed by atoms with Crippen molar-refractivity contribution >= 4 is 15.9 Å². The van der Waals surface area contributed by atoms with Crippen molar-refractivity contribution in [3.05, 3.63) is 59.6 Å². The molecule has 19 heavy (non-hydrogen) atoms. The molecule has 1 aromatic heterocycles. The third-order valence-electron chi connectivity index (χ3n) is 2.48. The summed E-state index contributed by atoms with van der Waals surface area (Å²) in [6, 6.07) is 9.60. The molecule has 0 saturated heterocycles. The Bertz CT molecular complexity index is 813. The van der Waals surface area contributed by atoms with Crippen LogP contribution in [0.1, 0.15) is 5.56 Å². The Morgan fingerprint density at radius 2 is 1.68 bits per heavy atom. The number of nitrogens with one attached hydrogen (secondary N) is 1. The Morgan fingerprint density at radius 3 is 2.21 bits per heavy atom. The summed E-state index contributed by atoms with van der Waals surface area (Å²) in [7, 11) is -3.73. The van der Waals surface area contributed by atoms with Crippen LogP contribution in [-0.2, 0) is 10.0 Å². The molecule has 0 spiro atoms. The topological polar surface area (TPSA) is 76.2 Å². The number of hydrogen-bond donors (Lipinski definition) is 1. The number of sulfonamides is 1. The number of hydrogen-bond acceptors (Lipinski definition) is 3. The maximum absolute atomic E-state index is 12.0. The van der Waals surface area contributed by atoms with Gasteiger partial charge in [-0.3, -0.25) is 5.41 Å². The Balaban J connectivity index is 2.50. The van der Waals surface area contributed by atoms with Crippen molar-refractivity contribution in [3.8, 4) is 0 Å². The highest BCUT2D eigenvalue weighted by Crippen LogP contribution is 2.11. The Morgan fingerprint density at radius 1 is 1.11 bits per heavy atom. The van der Waals surface area contributed by atoms with Gasteiger partial charge in [0, 0.05) is 17.4 Å². The second-order valence-corrected chi connectivity index (χ2v) is 5.55. The van der Waals surface area contributed by atoms with Crippen LogP contribution in [0.25, 0.3) is 0 Å². The van der Waals surface area contributed by atoms with E-state index in [2.05, 4.69) is 10.4 Å². The minimum Gasteiger partial charge on any atom is -0.258 e. The van der Waals surface area contributed by atoms with Gasteiger partial charge in [-0.15, -0.1) is 0 Å². The molecule has 5 nitrogen and oxygen atoms in total. The monoisotopic (exact) mass is 274 g/mol. The van der Waals surface area contributed by atoms with Gasteiger partial charge in [-0.2, -0.15) is 8.42 Å². The third-order valence-corrected chi connectivity index (χ3v) is 3.75. The summed E-state index contributed by atoms with van der Waals surface area (Å²) in [6.07, 6.45) is 2.92. The van der Waals surface area contributed by atoms with Crippen LogP contribution in [-0.4, -0.2) is 14.3 Å². The molecule has 2 rings (SSSR count). The highest BCUT2D eigenvalue weighted by Gasteiger charge is 2.16. The predicted octanol–water partition coefficient (Wildman–Crippen LogP) is 0.623. The lowest BCUT2D eigenvalue weighted by Crippen LogP contribution is -2.21. The van der Waals surface area contributed by atoms with E-state index >= 15 is 0 Å². The molecule has 0 aliphatic carbocycles. The highest BCUT2D eigenvalue weighted by molar-refractivity contribution is 7.89. The van der Waals surface area contributed by atoms with Gasteiger partial charge in [-0.05, 0) is 29.3 Å². The fourth-order valence-electron chi connectivity index (χ4n) is 1.44. The number of aryl methyl sites for hydroxylation is 1. The van der Waals surface area contributed by atoms with Crippen molar-refractivity contribution in [1.29, 1.82) is 5.41 Å². The lowest BCUT2D eigenvalue weighted by Gasteiger charge is -1.95. The first-order chi connectivity index (χ1) is 9.01. The number of benzene rings is 1. The summed E-state index contributed by atoms with van der Waals surface area (Å²) in [4.78, 5) is 0.147. The number of rotatable bonds is 2. The normalized spacial score (nSPS) is 10.8. The van der Waals surface area contributed by atoms with Crippen LogP contribution in [0.5, 0.6) is 0 Å². The molecule has 0 aliphatic heterocycles. The van der Waals surface area contributed by atoms with Crippen molar-refractivity contribution in [2.75, 3.05) is 0 Å². The molecule has 0 bridgehead atoms. The molecule has 0 atom stereocenters. The molecule has 0 radical (unpaired) electrons. The SMILES string of the molecule is Cc1ccc(S(=O)(=O)N=[n+]2ccc(=C=N)cc2)cc1. The minimum atomic E-state index is -3.73. The highest BCUT2D eigenvalue weighted by atomic mass is 32.2. The van der Waals surface area contributed by atoms with E-state index in [1.54, 1.807) is 24.3 Å². The molecule has 0 aliphatic rings. The van der Waals surface area contributed by atoms with Gasteiger partial charge in [0.15, 0.2) is 0 Å². The van der Waals surface area contributed by atoms with E-state index in [4.69, 9.17) is 5.41 Å². The summed E-state index contributed by atoms with van der Waals surface area (Å²) in [5.74, 6) is 2.20. The van der Waals surface area contributed by atoms with Crippen molar-refractivity contribution < 1.29 is 12.8 Å². The van der Waals surface area contributed by atoms with Crippen LogP contribution in [0, 0.1) is 12.3 Å². The summed E-state index contributed by atoms with van der Waals surface area (Å²) < 4.78 is 28.9. The molecule has 1 aromatic carbocycles. The van der Waals surface area contributed by atoms with Crippen LogP contribution in [0.2, 0.25) is 0 Å². The summed E-state index contributed by atoms with van der Waals surface area (Å²) >= 11 is 0. The molecule has 0 saturated carbocycles. The van der Waals surface area contributed by atoms with Gasteiger partial charge in [-0.25, -0.2) is 0 Å². The largest absolute Gasteiger partial charge is 0.336 e. The maximum Gasteiger partial charge on any atom is 0.336 e. The van der Waals surface area contributed by atoms with E-state index in [-0.39, 0.29) is 4.90 Å². The van der Waals surface area contributed by atoms with Gasteiger partial charge in [0.2, 0.25) is 12.4 Å². The van der Waals surface area contributed by atoms with Crippen molar-refractivity contribution in [2.24, 2.45) is 4.52 Å². The van der Waals surface area contributed by atoms with E-state index in [1.807, 2.05) is 6.92 Å². The molecular weight excluding hydrogens is 262 g/mol. The zero-order valence-electron chi connectivity index (χ0n) is 10.2. The molecule has 1 heterocycles. The average Bonchev–Trinajstić information content (AvgIpc) is 2.40. The van der Waals surface area contributed by atoms with Crippen molar-refractivity contribution in [2.45, 2.75) is 11.8 Å². The van der Waals surface area contributed by atoms with E-state index in [0.29, 0.717) is 5.22 Å².